The molecule has 2 saturated heterocycles. The zero-order valence-electron chi connectivity index (χ0n) is 19.5. The number of methoxy groups -OCH3 is 1. The van der Waals surface area contributed by atoms with E-state index in [1.807, 2.05) is 30.2 Å². The van der Waals surface area contributed by atoms with Gasteiger partial charge in [-0.25, -0.2) is 9.50 Å². The molecule has 1 unspecified atom stereocenters. The Bertz CT molecular complexity index is 1120. The minimum absolute atomic E-state index is 0.229. The van der Waals surface area contributed by atoms with Crippen LogP contribution in [0.2, 0.25) is 0 Å². The number of carbonyl (C=O) groups excluding carboxylic acids is 1. The van der Waals surface area contributed by atoms with Gasteiger partial charge in [0.25, 0.3) is 0 Å². The average molecular weight is 449 g/mol. The van der Waals surface area contributed by atoms with E-state index in [1.54, 1.807) is 7.11 Å². The molecule has 2 aromatic heterocycles. The first kappa shape index (κ1) is 21.9. The Morgan fingerprint density at radius 3 is 2.64 bits per heavy atom. The summed E-state index contributed by atoms with van der Waals surface area (Å²) in [6.07, 6.45) is 6.44. The summed E-state index contributed by atoms with van der Waals surface area (Å²) in [6, 6.07) is 10.2. The number of aromatic nitrogens is 3. The van der Waals surface area contributed by atoms with E-state index in [0.29, 0.717) is 12.3 Å². The first-order valence-electron chi connectivity index (χ1n) is 12.1. The lowest BCUT2D eigenvalue weighted by molar-refractivity contribution is -0.132. The van der Waals surface area contributed by atoms with Crippen LogP contribution in [0, 0.1) is 0 Å². The van der Waals surface area contributed by atoms with Gasteiger partial charge >= 0.3 is 0 Å². The Morgan fingerprint density at radius 1 is 1.12 bits per heavy atom. The number of amides is 1. The highest BCUT2D eigenvalue weighted by Gasteiger charge is 2.30. The molecule has 5 rings (SSSR count). The van der Waals surface area contributed by atoms with Crippen LogP contribution in [0.15, 0.2) is 36.5 Å². The molecule has 1 amide bonds. The molecule has 0 radical (unpaired) electrons. The largest absolute Gasteiger partial charge is 0.497 e. The van der Waals surface area contributed by atoms with Gasteiger partial charge in [-0.05, 0) is 49.4 Å². The summed E-state index contributed by atoms with van der Waals surface area (Å²) in [4.78, 5) is 19.2. The van der Waals surface area contributed by atoms with Gasteiger partial charge in [0.1, 0.15) is 5.75 Å². The lowest BCUT2D eigenvalue weighted by Gasteiger charge is -2.32. The van der Waals surface area contributed by atoms with Gasteiger partial charge in [0.15, 0.2) is 5.65 Å². The number of hydrogen-bond donors (Lipinski definition) is 0. The topological polar surface area (TPSA) is 69.0 Å². The molecular formula is C26H32N4O3. The molecule has 1 aromatic carbocycles. The number of carbonyl (C=O) groups is 1. The molecule has 33 heavy (non-hydrogen) atoms. The van der Waals surface area contributed by atoms with Crippen LogP contribution in [-0.2, 0) is 9.53 Å². The SMILES string of the molecule is CCC(=O)N1CCCC(c2ccnc3c(-c4ccc(OC)cc4)c(C4CCOCC4)nn23)C1. The van der Waals surface area contributed by atoms with Gasteiger partial charge in [-0.15, -0.1) is 0 Å². The number of rotatable bonds is 5. The van der Waals surface area contributed by atoms with Crippen molar-refractivity contribution < 1.29 is 14.3 Å². The fourth-order valence-corrected chi connectivity index (χ4v) is 5.25. The monoisotopic (exact) mass is 448 g/mol. The maximum atomic E-state index is 12.4. The summed E-state index contributed by atoms with van der Waals surface area (Å²) >= 11 is 0. The van der Waals surface area contributed by atoms with Crippen LogP contribution in [0.5, 0.6) is 5.75 Å². The molecule has 1 atom stereocenters. The van der Waals surface area contributed by atoms with Crippen molar-refractivity contribution in [3.8, 4) is 16.9 Å². The molecular weight excluding hydrogens is 416 g/mol. The number of piperidine rings is 1. The molecule has 0 aliphatic carbocycles. The van der Waals surface area contributed by atoms with Crippen molar-refractivity contribution in [1.82, 2.24) is 19.5 Å². The van der Waals surface area contributed by atoms with E-state index in [9.17, 15) is 4.79 Å². The second kappa shape index (κ2) is 9.51. The summed E-state index contributed by atoms with van der Waals surface area (Å²) in [7, 11) is 1.68. The van der Waals surface area contributed by atoms with Gasteiger partial charge in [-0.1, -0.05) is 19.1 Å². The summed E-state index contributed by atoms with van der Waals surface area (Å²) in [5.74, 6) is 1.66. The quantitative estimate of drug-likeness (QED) is 0.578. The minimum Gasteiger partial charge on any atom is -0.497 e. The Morgan fingerprint density at radius 2 is 1.91 bits per heavy atom. The van der Waals surface area contributed by atoms with Gasteiger partial charge in [-0.3, -0.25) is 4.79 Å². The van der Waals surface area contributed by atoms with Crippen LogP contribution >= 0.6 is 0 Å². The highest BCUT2D eigenvalue weighted by molar-refractivity contribution is 5.81. The van der Waals surface area contributed by atoms with Crippen molar-refractivity contribution in [3.63, 3.8) is 0 Å². The Kier molecular flexibility index (Phi) is 6.31. The number of likely N-dealkylation sites (tertiary alicyclic amines) is 1. The third kappa shape index (κ3) is 4.22. The lowest BCUT2D eigenvalue weighted by Crippen LogP contribution is -2.39. The zero-order valence-corrected chi connectivity index (χ0v) is 19.5. The highest BCUT2D eigenvalue weighted by Crippen LogP contribution is 2.38. The van der Waals surface area contributed by atoms with Gasteiger partial charge in [-0.2, -0.15) is 5.10 Å². The van der Waals surface area contributed by atoms with Crippen LogP contribution in [0.3, 0.4) is 0 Å². The van der Waals surface area contributed by atoms with E-state index in [-0.39, 0.29) is 11.8 Å². The molecule has 0 N–H and O–H groups in total. The van der Waals surface area contributed by atoms with Crippen LogP contribution in [0.25, 0.3) is 16.8 Å². The molecule has 0 saturated carbocycles. The second-order valence-electron chi connectivity index (χ2n) is 9.01. The normalized spacial score (nSPS) is 19.7. The van der Waals surface area contributed by atoms with Crippen molar-refractivity contribution in [2.24, 2.45) is 0 Å². The number of benzene rings is 1. The Labute approximate surface area is 194 Å². The predicted octanol–water partition coefficient (Wildman–Crippen LogP) is 4.41. The van der Waals surface area contributed by atoms with Gasteiger partial charge < -0.3 is 14.4 Å². The predicted molar refractivity (Wildman–Crippen MR) is 127 cm³/mol. The molecule has 2 aliphatic heterocycles. The number of ether oxygens (including phenoxy) is 2. The van der Waals surface area contributed by atoms with Crippen LogP contribution in [0.4, 0.5) is 0 Å². The average Bonchev–Trinajstić information content (AvgIpc) is 3.28. The van der Waals surface area contributed by atoms with E-state index in [4.69, 9.17) is 19.6 Å². The molecule has 3 aromatic rings. The fourth-order valence-electron chi connectivity index (χ4n) is 5.25. The summed E-state index contributed by atoms with van der Waals surface area (Å²) in [5.41, 5.74) is 5.33. The number of hydrogen-bond acceptors (Lipinski definition) is 5. The first-order valence-corrected chi connectivity index (χ1v) is 12.1. The summed E-state index contributed by atoms with van der Waals surface area (Å²) < 4.78 is 13.1. The van der Waals surface area contributed by atoms with Gasteiger partial charge in [0.05, 0.1) is 24.1 Å². The van der Waals surface area contributed by atoms with Crippen molar-refractivity contribution in [2.75, 3.05) is 33.4 Å². The van der Waals surface area contributed by atoms with Crippen molar-refractivity contribution in [3.05, 3.63) is 47.9 Å². The number of nitrogens with zero attached hydrogens (tertiary/aromatic N) is 4. The van der Waals surface area contributed by atoms with Crippen molar-refractivity contribution in [2.45, 2.75) is 50.9 Å². The van der Waals surface area contributed by atoms with E-state index in [1.165, 1.54) is 0 Å². The summed E-state index contributed by atoms with van der Waals surface area (Å²) in [5, 5.41) is 5.18. The zero-order chi connectivity index (χ0) is 22.8. The third-order valence-corrected chi connectivity index (χ3v) is 7.06. The van der Waals surface area contributed by atoms with E-state index in [0.717, 1.165) is 85.9 Å². The molecule has 4 heterocycles. The maximum absolute atomic E-state index is 12.4. The van der Waals surface area contributed by atoms with Crippen LogP contribution < -0.4 is 4.74 Å². The third-order valence-electron chi connectivity index (χ3n) is 7.06. The maximum Gasteiger partial charge on any atom is 0.222 e. The van der Waals surface area contributed by atoms with Crippen molar-refractivity contribution in [1.29, 1.82) is 0 Å². The molecule has 7 heteroatoms. The molecule has 174 valence electrons. The Hall–Kier alpha value is -2.93. The second-order valence-corrected chi connectivity index (χ2v) is 9.01. The number of fused-ring (bicyclic) bond motifs is 1. The molecule has 0 spiro atoms. The Balaban J connectivity index is 1.61. The molecule has 2 fully saturated rings. The van der Waals surface area contributed by atoms with Gasteiger partial charge in [0, 0.05) is 50.8 Å². The van der Waals surface area contributed by atoms with E-state index < -0.39 is 0 Å². The van der Waals surface area contributed by atoms with Crippen molar-refractivity contribution >= 4 is 11.6 Å². The van der Waals surface area contributed by atoms with E-state index >= 15 is 0 Å². The molecule has 7 nitrogen and oxygen atoms in total. The fraction of sp³-hybridized carbons (Fsp3) is 0.500. The summed E-state index contributed by atoms with van der Waals surface area (Å²) in [6.45, 7) is 5.05. The van der Waals surface area contributed by atoms with Gasteiger partial charge in [0.2, 0.25) is 5.91 Å². The highest BCUT2D eigenvalue weighted by atomic mass is 16.5. The first-order chi connectivity index (χ1) is 16.2. The molecule has 2 aliphatic rings. The minimum atomic E-state index is 0.229. The van der Waals surface area contributed by atoms with Crippen LogP contribution in [0.1, 0.15) is 62.3 Å². The standard InChI is InChI=1S/C26H32N4O3/c1-3-23(31)29-14-4-5-20(17-29)22-10-13-27-26-24(18-6-8-21(32-2)9-7-18)25(28-30(22)26)19-11-15-33-16-12-19/h6-10,13,19-20H,3-5,11-12,14-17H2,1-2H3. The van der Waals surface area contributed by atoms with E-state index in [2.05, 4.69) is 22.7 Å². The van der Waals surface area contributed by atoms with Crippen LogP contribution in [-0.4, -0.2) is 58.8 Å². The lowest BCUT2D eigenvalue weighted by atomic mass is 9.91. The smallest absolute Gasteiger partial charge is 0.222 e. The molecule has 0 bridgehead atoms.